The third-order valence-electron chi connectivity index (χ3n) is 9.23. The number of hydrogen-bond acceptors (Lipinski definition) is 7. The Labute approximate surface area is 238 Å². The highest BCUT2D eigenvalue weighted by molar-refractivity contribution is 5.99. The van der Waals surface area contributed by atoms with Gasteiger partial charge in [-0.2, -0.15) is 5.43 Å². The van der Waals surface area contributed by atoms with Crippen molar-refractivity contribution in [2.75, 3.05) is 51.7 Å². The predicted molar refractivity (Wildman–Crippen MR) is 156 cm³/mol. The normalized spacial score (nSPS) is 25.9. The van der Waals surface area contributed by atoms with Crippen molar-refractivity contribution in [3.8, 4) is 5.75 Å². The molecule has 0 aromatic heterocycles. The summed E-state index contributed by atoms with van der Waals surface area (Å²) in [6.45, 7) is 8.92. The van der Waals surface area contributed by atoms with Gasteiger partial charge in [-0.05, 0) is 82.0 Å². The van der Waals surface area contributed by atoms with E-state index >= 15 is 0 Å². The van der Waals surface area contributed by atoms with Gasteiger partial charge in [-0.1, -0.05) is 30.7 Å². The Balaban J connectivity index is 1.24. The van der Waals surface area contributed by atoms with Crippen LogP contribution in [-0.2, 0) is 4.79 Å². The predicted octanol–water partition coefficient (Wildman–Crippen LogP) is 2.87. The number of methoxy groups -OCH3 is 1. The highest BCUT2D eigenvalue weighted by Crippen LogP contribution is 2.40. The van der Waals surface area contributed by atoms with Gasteiger partial charge in [0, 0.05) is 37.4 Å². The van der Waals surface area contributed by atoms with E-state index in [9.17, 15) is 14.8 Å². The number of amides is 2. The van der Waals surface area contributed by atoms with Crippen molar-refractivity contribution in [3.63, 3.8) is 0 Å². The molecule has 1 aromatic rings. The summed E-state index contributed by atoms with van der Waals surface area (Å²) in [5.41, 5.74) is 6.23. The van der Waals surface area contributed by atoms with Crippen molar-refractivity contribution in [1.29, 1.82) is 0 Å². The lowest BCUT2D eigenvalue weighted by Gasteiger charge is -2.34. The molecule has 2 amide bonds. The maximum atomic E-state index is 13.7. The molecule has 4 aliphatic rings. The van der Waals surface area contributed by atoms with Crippen LogP contribution in [-0.4, -0.2) is 74.0 Å². The van der Waals surface area contributed by atoms with Crippen LogP contribution in [0, 0.1) is 17.0 Å². The Morgan fingerprint density at radius 2 is 1.90 bits per heavy atom. The van der Waals surface area contributed by atoms with E-state index in [4.69, 9.17) is 4.74 Å². The Morgan fingerprint density at radius 3 is 2.60 bits per heavy atom. The molecule has 3 aliphatic heterocycles. The molecule has 5 rings (SSSR count). The average Bonchev–Trinajstić information content (AvgIpc) is 3.59. The molecule has 4 atom stereocenters. The lowest BCUT2D eigenvalue weighted by atomic mass is 9.83. The minimum atomic E-state index is -0.648. The smallest absolute Gasteiger partial charge is 0.340 e. The molecule has 9 heteroatoms. The van der Waals surface area contributed by atoms with Crippen molar-refractivity contribution in [2.24, 2.45) is 11.8 Å². The molecule has 1 aliphatic carbocycles. The van der Waals surface area contributed by atoms with Gasteiger partial charge < -0.3 is 25.1 Å². The number of likely N-dealkylation sites (tertiary alicyclic amines) is 2. The Hall–Kier alpha value is -2.72. The highest BCUT2D eigenvalue weighted by atomic mass is 16.6. The Morgan fingerprint density at radius 1 is 1.15 bits per heavy atom. The van der Waals surface area contributed by atoms with Crippen molar-refractivity contribution >= 4 is 17.5 Å². The number of carbonyl (C=O) groups excluding carboxylic acids is 2. The number of allylic oxidation sites excluding steroid dienone is 4. The van der Waals surface area contributed by atoms with Crippen molar-refractivity contribution in [3.05, 3.63) is 52.3 Å². The maximum Gasteiger partial charge on any atom is 0.340 e. The monoisotopic (exact) mass is 551 g/mol. The van der Waals surface area contributed by atoms with Crippen molar-refractivity contribution in [1.82, 2.24) is 15.2 Å². The molecule has 4 unspecified atom stereocenters. The number of quaternary nitrogens is 1. The van der Waals surface area contributed by atoms with Gasteiger partial charge in [-0.3, -0.25) is 4.79 Å². The molecule has 0 spiro atoms. The lowest BCUT2D eigenvalue weighted by molar-refractivity contribution is -0.817. The van der Waals surface area contributed by atoms with E-state index in [1.165, 1.54) is 18.4 Å². The fraction of sp³-hybridized carbons (Fsp3) is 0.613. The molecule has 40 heavy (non-hydrogen) atoms. The van der Waals surface area contributed by atoms with Crippen molar-refractivity contribution < 1.29 is 19.5 Å². The Kier molecular flexibility index (Phi) is 9.25. The number of hydrogen-bond donors (Lipinski definition) is 3. The molecular weight excluding hydrogens is 506 g/mol. The number of nitrogens with one attached hydrogen (secondary N) is 3. The maximum absolute atomic E-state index is 13.7. The second-order valence-electron chi connectivity index (χ2n) is 12.0. The van der Waals surface area contributed by atoms with Gasteiger partial charge in [-0.15, -0.1) is 0 Å². The van der Waals surface area contributed by atoms with Crippen LogP contribution in [0.1, 0.15) is 74.2 Å². The van der Waals surface area contributed by atoms with Crippen LogP contribution in [0.3, 0.4) is 0 Å². The van der Waals surface area contributed by atoms with Gasteiger partial charge in [0.2, 0.25) is 0 Å². The second-order valence-corrected chi connectivity index (χ2v) is 12.0. The topological polar surface area (TPSA) is 101 Å². The van der Waals surface area contributed by atoms with Gasteiger partial charge in [0.1, 0.15) is 11.7 Å². The summed E-state index contributed by atoms with van der Waals surface area (Å²) in [6.07, 6.45) is 13.2. The zero-order chi connectivity index (χ0) is 28.2. The molecule has 0 bridgehead atoms. The van der Waals surface area contributed by atoms with E-state index in [1.807, 2.05) is 11.8 Å². The van der Waals surface area contributed by atoms with Gasteiger partial charge in [0.15, 0.2) is 0 Å². The third-order valence-corrected chi connectivity index (χ3v) is 9.23. The molecule has 2 fully saturated rings. The van der Waals surface area contributed by atoms with E-state index in [2.05, 4.69) is 40.8 Å². The number of benzene rings is 1. The standard InChI is InChI=1S/C31H45N5O4/c1-21-8-4-5-9-24(21)18-23-10-15-35(16-11-23)30(37)26-19-25-27(20-28(26)40-3)33-22(2)29(25)31(38)36(39)32-12-17-34-13-6-7-14-34/h4-5,9,19-23,29,32-33,36H,6-8,10-18H2,1-3H3. The number of ether oxygens (including phenoxy) is 1. The summed E-state index contributed by atoms with van der Waals surface area (Å²) in [6, 6.07) is 3.32. The van der Waals surface area contributed by atoms with E-state index in [1.54, 1.807) is 19.2 Å². The molecule has 0 saturated carbocycles. The molecule has 2 saturated heterocycles. The van der Waals surface area contributed by atoms with Crippen LogP contribution >= 0.6 is 0 Å². The molecule has 1 aromatic carbocycles. The zero-order valence-electron chi connectivity index (χ0n) is 24.2. The first-order valence-electron chi connectivity index (χ1n) is 15.0. The number of anilines is 1. The van der Waals surface area contributed by atoms with Gasteiger partial charge in [-0.25, -0.2) is 9.97 Å². The number of rotatable bonds is 9. The van der Waals surface area contributed by atoms with Crippen LogP contribution < -0.4 is 20.7 Å². The summed E-state index contributed by atoms with van der Waals surface area (Å²) >= 11 is 0. The summed E-state index contributed by atoms with van der Waals surface area (Å²) in [5.74, 6) is 0.477. The molecule has 218 valence electrons. The SMILES string of the molecule is COc1cc2c(cc1C(=O)N1CCC(CC3=CC=CCC3C)CC1)C(C(=O)[NH+]([O-])NCCN1CCCC1)C(C)N2. The summed E-state index contributed by atoms with van der Waals surface area (Å²) in [5, 5.41) is 15.6. The number of hydroxylamine groups is 1. The average molecular weight is 552 g/mol. The molecule has 3 heterocycles. The largest absolute Gasteiger partial charge is 0.606 e. The van der Waals surface area contributed by atoms with E-state index in [0.717, 1.165) is 51.0 Å². The number of fused-ring (bicyclic) bond motifs is 1. The number of carbonyl (C=O) groups is 2. The minimum absolute atomic E-state index is 0.0768. The molecule has 3 N–H and O–H groups in total. The first-order chi connectivity index (χ1) is 19.4. The van der Waals surface area contributed by atoms with Crippen LogP contribution in [0.15, 0.2) is 35.9 Å². The summed E-state index contributed by atoms with van der Waals surface area (Å²) in [7, 11) is 1.56. The van der Waals surface area contributed by atoms with Gasteiger partial charge >= 0.3 is 5.91 Å². The first-order valence-corrected chi connectivity index (χ1v) is 15.0. The van der Waals surface area contributed by atoms with E-state index in [-0.39, 0.29) is 11.9 Å². The zero-order valence-corrected chi connectivity index (χ0v) is 24.2. The highest BCUT2D eigenvalue weighted by Gasteiger charge is 2.40. The van der Waals surface area contributed by atoms with Crippen LogP contribution in [0.4, 0.5) is 5.69 Å². The number of piperidine rings is 1. The quantitative estimate of drug-likeness (QED) is 0.406. The summed E-state index contributed by atoms with van der Waals surface area (Å²) < 4.78 is 5.63. The molecule has 0 radical (unpaired) electrons. The fourth-order valence-corrected chi connectivity index (χ4v) is 6.75. The van der Waals surface area contributed by atoms with Crippen LogP contribution in [0.2, 0.25) is 0 Å². The number of nitrogens with zero attached hydrogens (tertiary/aromatic N) is 2. The second kappa shape index (κ2) is 12.9. The van der Waals surface area contributed by atoms with Gasteiger partial charge in [0.25, 0.3) is 5.91 Å². The molecule has 9 nitrogen and oxygen atoms in total. The van der Waals surface area contributed by atoms with Crippen molar-refractivity contribution in [2.45, 2.75) is 64.3 Å². The molecular formula is C31H45N5O4. The van der Waals surface area contributed by atoms with Crippen LogP contribution in [0.5, 0.6) is 5.75 Å². The summed E-state index contributed by atoms with van der Waals surface area (Å²) in [4.78, 5) is 31.2. The van der Waals surface area contributed by atoms with Gasteiger partial charge in [0.05, 0.1) is 19.2 Å². The Bertz CT molecular complexity index is 1140. The third kappa shape index (κ3) is 6.28. The van der Waals surface area contributed by atoms with E-state index in [0.29, 0.717) is 48.3 Å². The lowest BCUT2D eigenvalue weighted by Crippen LogP contribution is -3.17. The first kappa shape index (κ1) is 28.8. The minimum Gasteiger partial charge on any atom is -0.606 e. The fourth-order valence-electron chi connectivity index (χ4n) is 6.75. The van der Waals surface area contributed by atoms with E-state index < -0.39 is 17.0 Å². The van der Waals surface area contributed by atoms with Crippen LogP contribution in [0.25, 0.3) is 0 Å².